The molecular formula is C14H14ClNO2. The minimum Gasteiger partial charge on any atom is -0.482 e. The summed E-state index contributed by atoms with van der Waals surface area (Å²) >= 11 is 5.98. The molecule has 2 heterocycles. The molecule has 1 aromatic heterocycles. The lowest BCUT2D eigenvalue weighted by atomic mass is 10.1. The van der Waals surface area contributed by atoms with Crippen LogP contribution < -0.4 is 10.1 Å². The van der Waals surface area contributed by atoms with Gasteiger partial charge < -0.3 is 14.5 Å². The number of benzene rings is 1. The van der Waals surface area contributed by atoms with Crippen LogP contribution in [-0.4, -0.2) is 6.54 Å². The van der Waals surface area contributed by atoms with Gasteiger partial charge in [0.2, 0.25) is 0 Å². The second-order valence-electron chi connectivity index (χ2n) is 4.50. The Morgan fingerprint density at radius 2 is 2.11 bits per heavy atom. The number of hydrogen-bond acceptors (Lipinski definition) is 3. The Kier molecular flexibility index (Phi) is 2.71. The molecule has 0 bridgehead atoms. The fourth-order valence-corrected chi connectivity index (χ4v) is 2.44. The first-order chi connectivity index (χ1) is 8.63. The van der Waals surface area contributed by atoms with Crippen LogP contribution in [0.1, 0.15) is 23.2 Å². The van der Waals surface area contributed by atoms with Crippen LogP contribution in [0.25, 0.3) is 0 Å². The van der Waals surface area contributed by atoms with Crippen molar-refractivity contribution < 1.29 is 9.15 Å². The third-order valence-electron chi connectivity index (χ3n) is 3.12. The molecule has 0 spiro atoms. The van der Waals surface area contributed by atoms with Crippen molar-refractivity contribution in [1.29, 1.82) is 0 Å². The molecule has 2 aromatic rings. The van der Waals surface area contributed by atoms with Crippen molar-refractivity contribution in [3.8, 4) is 5.75 Å². The number of aryl methyl sites for hydroxylation is 2. The van der Waals surface area contributed by atoms with Crippen LogP contribution in [0.4, 0.5) is 5.69 Å². The van der Waals surface area contributed by atoms with Gasteiger partial charge in [-0.1, -0.05) is 11.6 Å². The molecule has 3 nitrogen and oxygen atoms in total. The zero-order valence-electron chi connectivity index (χ0n) is 10.3. The van der Waals surface area contributed by atoms with Gasteiger partial charge in [0.1, 0.15) is 23.4 Å². The lowest BCUT2D eigenvalue weighted by Crippen LogP contribution is -2.23. The smallest absolute Gasteiger partial charge is 0.144 e. The number of rotatable bonds is 1. The lowest BCUT2D eigenvalue weighted by Gasteiger charge is -2.27. The van der Waals surface area contributed by atoms with E-state index in [-0.39, 0.29) is 6.10 Å². The molecule has 1 aliphatic rings. The summed E-state index contributed by atoms with van der Waals surface area (Å²) in [6, 6.07) is 7.64. The molecule has 18 heavy (non-hydrogen) atoms. The van der Waals surface area contributed by atoms with Crippen molar-refractivity contribution in [1.82, 2.24) is 0 Å². The zero-order valence-corrected chi connectivity index (χ0v) is 11.0. The van der Waals surface area contributed by atoms with E-state index in [0.717, 1.165) is 35.1 Å². The highest BCUT2D eigenvalue weighted by Gasteiger charge is 2.24. The number of fused-ring (bicyclic) bond motifs is 1. The molecule has 0 saturated carbocycles. The maximum Gasteiger partial charge on any atom is 0.144 e. The Hall–Kier alpha value is -1.61. The second kappa shape index (κ2) is 4.25. The molecule has 0 aliphatic carbocycles. The number of nitrogens with one attached hydrogen (secondary N) is 1. The molecule has 1 atom stereocenters. The highest BCUT2D eigenvalue weighted by Crippen LogP contribution is 2.37. The van der Waals surface area contributed by atoms with Gasteiger partial charge in [-0.2, -0.15) is 0 Å². The van der Waals surface area contributed by atoms with Crippen LogP contribution in [0.2, 0.25) is 5.02 Å². The van der Waals surface area contributed by atoms with Crippen LogP contribution in [0, 0.1) is 13.8 Å². The summed E-state index contributed by atoms with van der Waals surface area (Å²) in [5, 5.41) is 4.03. The van der Waals surface area contributed by atoms with E-state index in [2.05, 4.69) is 5.32 Å². The standard InChI is InChI=1S/C14H14ClNO2/c1-8-5-11(9(2)17-8)14-7-16-12-4-3-10(15)6-13(12)18-14/h3-6,14,16H,7H2,1-2H3. The first kappa shape index (κ1) is 11.5. The molecular weight excluding hydrogens is 250 g/mol. The third-order valence-corrected chi connectivity index (χ3v) is 3.35. The summed E-state index contributed by atoms with van der Waals surface area (Å²) in [6.45, 7) is 4.63. The van der Waals surface area contributed by atoms with Gasteiger partial charge in [-0.3, -0.25) is 0 Å². The van der Waals surface area contributed by atoms with Gasteiger partial charge in [-0.15, -0.1) is 0 Å². The maximum atomic E-state index is 5.99. The summed E-state index contributed by atoms with van der Waals surface area (Å²) < 4.78 is 11.5. The summed E-state index contributed by atoms with van der Waals surface area (Å²) in [5.74, 6) is 2.60. The normalized spacial score (nSPS) is 17.8. The maximum absolute atomic E-state index is 5.99. The molecule has 1 aliphatic heterocycles. The lowest BCUT2D eigenvalue weighted by molar-refractivity contribution is 0.208. The first-order valence-corrected chi connectivity index (χ1v) is 6.28. The molecule has 1 aromatic carbocycles. The third kappa shape index (κ3) is 1.95. The fraction of sp³-hybridized carbons (Fsp3) is 0.286. The molecule has 3 rings (SSSR count). The van der Waals surface area contributed by atoms with E-state index in [9.17, 15) is 0 Å². The van der Waals surface area contributed by atoms with Crippen molar-refractivity contribution in [2.24, 2.45) is 0 Å². The van der Waals surface area contributed by atoms with Gasteiger partial charge in [-0.05, 0) is 32.0 Å². The van der Waals surface area contributed by atoms with Crippen molar-refractivity contribution in [3.05, 3.63) is 46.4 Å². The van der Waals surface area contributed by atoms with Gasteiger partial charge in [0.05, 0.1) is 12.2 Å². The first-order valence-electron chi connectivity index (χ1n) is 5.90. The Morgan fingerprint density at radius 1 is 1.28 bits per heavy atom. The Labute approximate surface area is 111 Å². The minimum atomic E-state index is -0.0339. The molecule has 0 amide bonds. The van der Waals surface area contributed by atoms with Crippen LogP contribution >= 0.6 is 11.6 Å². The molecule has 0 fully saturated rings. The van der Waals surface area contributed by atoms with Crippen LogP contribution in [0.5, 0.6) is 5.75 Å². The minimum absolute atomic E-state index is 0.0339. The Bertz CT molecular complexity index is 591. The molecule has 1 N–H and O–H groups in total. The Morgan fingerprint density at radius 3 is 2.83 bits per heavy atom. The van der Waals surface area contributed by atoms with E-state index in [4.69, 9.17) is 20.8 Å². The SMILES string of the molecule is Cc1cc(C2CNc3ccc(Cl)cc3O2)c(C)o1. The van der Waals surface area contributed by atoms with E-state index < -0.39 is 0 Å². The van der Waals surface area contributed by atoms with Crippen LogP contribution in [-0.2, 0) is 0 Å². The highest BCUT2D eigenvalue weighted by atomic mass is 35.5. The van der Waals surface area contributed by atoms with Crippen LogP contribution in [0.3, 0.4) is 0 Å². The number of halogens is 1. The summed E-state index contributed by atoms with van der Waals surface area (Å²) in [4.78, 5) is 0. The van der Waals surface area contributed by atoms with Crippen molar-refractivity contribution in [2.75, 3.05) is 11.9 Å². The topological polar surface area (TPSA) is 34.4 Å². The number of hydrogen-bond donors (Lipinski definition) is 1. The number of ether oxygens (including phenoxy) is 1. The fourth-order valence-electron chi connectivity index (χ4n) is 2.28. The van der Waals surface area contributed by atoms with Gasteiger partial charge in [-0.25, -0.2) is 0 Å². The van der Waals surface area contributed by atoms with E-state index >= 15 is 0 Å². The van der Waals surface area contributed by atoms with Gasteiger partial charge >= 0.3 is 0 Å². The second-order valence-corrected chi connectivity index (χ2v) is 4.93. The van der Waals surface area contributed by atoms with Crippen LogP contribution in [0.15, 0.2) is 28.7 Å². The predicted molar refractivity (Wildman–Crippen MR) is 71.5 cm³/mol. The molecule has 94 valence electrons. The van der Waals surface area contributed by atoms with Gasteiger partial charge in [0, 0.05) is 16.7 Å². The molecule has 0 radical (unpaired) electrons. The van der Waals surface area contributed by atoms with Gasteiger partial charge in [0.15, 0.2) is 0 Å². The summed E-state index contributed by atoms with van der Waals surface area (Å²) in [5.41, 5.74) is 2.07. The molecule has 4 heteroatoms. The monoisotopic (exact) mass is 263 g/mol. The average Bonchev–Trinajstić information content (AvgIpc) is 2.67. The highest BCUT2D eigenvalue weighted by molar-refractivity contribution is 6.30. The molecule has 1 unspecified atom stereocenters. The summed E-state index contributed by atoms with van der Waals surface area (Å²) in [7, 11) is 0. The number of anilines is 1. The number of furan rings is 1. The van der Waals surface area contributed by atoms with E-state index in [1.54, 1.807) is 0 Å². The summed E-state index contributed by atoms with van der Waals surface area (Å²) in [6.07, 6.45) is -0.0339. The average molecular weight is 264 g/mol. The molecule has 0 saturated heterocycles. The predicted octanol–water partition coefficient (Wildman–Crippen LogP) is 4.10. The van der Waals surface area contributed by atoms with E-state index in [0.29, 0.717) is 5.02 Å². The largest absolute Gasteiger partial charge is 0.482 e. The van der Waals surface area contributed by atoms with Crippen molar-refractivity contribution in [3.63, 3.8) is 0 Å². The zero-order chi connectivity index (χ0) is 12.7. The quantitative estimate of drug-likeness (QED) is 0.841. The van der Waals surface area contributed by atoms with E-state index in [1.165, 1.54) is 0 Å². The van der Waals surface area contributed by atoms with Crippen molar-refractivity contribution in [2.45, 2.75) is 20.0 Å². The Balaban J connectivity index is 1.92. The van der Waals surface area contributed by atoms with Gasteiger partial charge in [0.25, 0.3) is 0 Å². The van der Waals surface area contributed by atoms with Crippen molar-refractivity contribution >= 4 is 17.3 Å². The van der Waals surface area contributed by atoms with E-state index in [1.807, 2.05) is 38.1 Å².